The molecule has 0 bridgehead atoms. The highest BCUT2D eigenvalue weighted by atomic mass is 19.4. The maximum absolute atomic E-state index is 12.5. The van der Waals surface area contributed by atoms with E-state index in [1.54, 1.807) is 0 Å². The van der Waals surface area contributed by atoms with Crippen LogP contribution in [0.2, 0.25) is 0 Å². The fraction of sp³-hybridized carbons (Fsp3) is 0.846. The summed E-state index contributed by atoms with van der Waals surface area (Å²) in [7, 11) is 0. The molecule has 2 nitrogen and oxygen atoms in total. The number of hydrogen-bond donors (Lipinski definition) is 1. The van der Waals surface area contributed by atoms with E-state index in [2.05, 4.69) is 31.0 Å². The van der Waals surface area contributed by atoms with Gasteiger partial charge in [0.05, 0.1) is 0 Å². The van der Waals surface area contributed by atoms with Gasteiger partial charge in [0.1, 0.15) is 0 Å². The zero-order valence-corrected chi connectivity index (χ0v) is 11.3. The van der Waals surface area contributed by atoms with E-state index >= 15 is 0 Å². The second kappa shape index (κ2) is 6.57. The van der Waals surface area contributed by atoms with Gasteiger partial charge in [0, 0.05) is 30.7 Å². The van der Waals surface area contributed by atoms with Crippen LogP contribution in [-0.4, -0.2) is 42.8 Å². The zero-order chi connectivity index (χ0) is 13.8. The van der Waals surface area contributed by atoms with Gasteiger partial charge in [-0.25, -0.2) is 0 Å². The molecule has 106 valence electrons. The highest BCUT2D eigenvalue weighted by Gasteiger charge is 2.35. The molecule has 1 N–H and O–H groups in total. The molecular formula is C13H23F3N2. The number of nitrogens with zero attached hydrogens (tertiary/aromatic N) is 1. The van der Waals surface area contributed by atoms with Crippen molar-refractivity contribution in [3.8, 4) is 0 Å². The van der Waals surface area contributed by atoms with Crippen molar-refractivity contribution in [3.05, 3.63) is 11.6 Å². The first kappa shape index (κ1) is 15.5. The Morgan fingerprint density at radius 1 is 1.33 bits per heavy atom. The van der Waals surface area contributed by atoms with Crippen molar-refractivity contribution in [3.63, 3.8) is 0 Å². The maximum Gasteiger partial charge on any atom is 0.412 e. The van der Waals surface area contributed by atoms with E-state index in [4.69, 9.17) is 0 Å². The molecule has 0 fully saturated rings. The molecule has 0 amide bonds. The Hall–Kier alpha value is -0.550. The molecule has 0 spiro atoms. The molecule has 5 heteroatoms. The summed E-state index contributed by atoms with van der Waals surface area (Å²) in [5, 5.41) is 3.33. The molecule has 0 aliphatic carbocycles. The van der Waals surface area contributed by atoms with Crippen LogP contribution in [0.25, 0.3) is 0 Å². The lowest BCUT2D eigenvalue weighted by atomic mass is 10.1. The predicted octanol–water partition coefficient (Wildman–Crippen LogP) is 2.96. The highest BCUT2D eigenvalue weighted by Crippen LogP contribution is 2.30. The van der Waals surface area contributed by atoms with E-state index in [0.29, 0.717) is 25.2 Å². The largest absolute Gasteiger partial charge is 0.412 e. The molecule has 1 unspecified atom stereocenters. The lowest BCUT2D eigenvalue weighted by Gasteiger charge is -2.32. The smallest absolute Gasteiger partial charge is 0.314 e. The first-order valence-electron chi connectivity index (χ1n) is 6.54. The van der Waals surface area contributed by atoms with Gasteiger partial charge in [0.15, 0.2) is 0 Å². The second-order valence-electron chi connectivity index (χ2n) is 5.22. The highest BCUT2D eigenvalue weighted by molar-refractivity contribution is 5.13. The molecule has 0 saturated carbocycles. The van der Waals surface area contributed by atoms with Crippen molar-refractivity contribution in [1.29, 1.82) is 0 Å². The topological polar surface area (TPSA) is 15.3 Å². The minimum Gasteiger partial charge on any atom is -0.314 e. The van der Waals surface area contributed by atoms with Gasteiger partial charge >= 0.3 is 6.18 Å². The Labute approximate surface area is 107 Å². The van der Waals surface area contributed by atoms with Crippen LogP contribution in [-0.2, 0) is 0 Å². The van der Waals surface area contributed by atoms with Crippen LogP contribution < -0.4 is 5.32 Å². The number of hydrogen-bond acceptors (Lipinski definition) is 2. The van der Waals surface area contributed by atoms with Crippen LogP contribution in [0.15, 0.2) is 11.6 Å². The number of alkyl halides is 3. The first-order chi connectivity index (χ1) is 8.30. The van der Waals surface area contributed by atoms with Crippen LogP contribution in [0.5, 0.6) is 0 Å². The summed E-state index contributed by atoms with van der Waals surface area (Å²) in [4.78, 5) is 2.11. The van der Waals surface area contributed by atoms with Gasteiger partial charge in [-0.1, -0.05) is 19.9 Å². The average Bonchev–Trinajstić information content (AvgIpc) is 2.27. The Kier molecular flexibility index (Phi) is 5.66. The van der Waals surface area contributed by atoms with Crippen LogP contribution >= 0.6 is 0 Å². The predicted molar refractivity (Wildman–Crippen MR) is 67.5 cm³/mol. The SMILES string of the molecule is CC(C)NCCC(C)N1CC=C(C(F)(F)F)CC1. The van der Waals surface area contributed by atoms with Crippen molar-refractivity contribution < 1.29 is 13.2 Å². The van der Waals surface area contributed by atoms with Gasteiger partial charge in [-0.2, -0.15) is 13.2 Å². The van der Waals surface area contributed by atoms with Gasteiger partial charge in [-0.05, 0) is 26.3 Å². The monoisotopic (exact) mass is 264 g/mol. The van der Waals surface area contributed by atoms with Gasteiger partial charge in [0.25, 0.3) is 0 Å². The van der Waals surface area contributed by atoms with E-state index in [1.165, 1.54) is 6.08 Å². The average molecular weight is 264 g/mol. The lowest BCUT2D eigenvalue weighted by molar-refractivity contribution is -0.0963. The summed E-state index contributed by atoms with van der Waals surface area (Å²) in [5.74, 6) is 0. The molecular weight excluding hydrogens is 241 g/mol. The summed E-state index contributed by atoms with van der Waals surface area (Å²) in [6.07, 6.45) is -1.73. The third-order valence-electron chi connectivity index (χ3n) is 3.34. The molecule has 0 saturated heterocycles. The summed E-state index contributed by atoms with van der Waals surface area (Å²) in [6.45, 7) is 8.08. The second-order valence-corrected chi connectivity index (χ2v) is 5.22. The van der Waals surface area contributed by atoms with Crippen LogP contribution in [0.3, 0.4) is 0 Å². The van der Waals surface area contributed by atoms with Crippen molar-refractivity contribution in [2.45, 2.75) is 51.9 Å². The van der Waals surface area contributed by atoms with Gasteiger partial charge in [0.2, 0.25) is 0 Å². The lowest BCUT2D eigenvalue weighted by Crippen LogP contribution is -2.40. The van der Waals surface area contributed by atoms with E-state index in [0.717, 1.165) is 13.0 Å². The molecule has 1 atom stereocenters. The van der Waals surface area contributed by atoms with E-state index in [9.17, 15) is 13.2 Å². The molecule has 0 aromatic rings. The maximum atomic E-state index is 12.5. The molecule has 0 radical (unpaired) electrons. The number of halogens is 3. The Balaban J connectivity index is 2.36. The number of nitrogens with one attached hydrogen (secondary N) is 1. The Morgan fingerprint density at radius 3 is 2.44 bits per heavy atom. The van der Waals surface area contributed by atoms with Gasteiger partial charge in [-0.3, -0.25) is 4.90 Å². The molecule has 1 aliphatic rings. The van der Waals surface area contributed by atoms with Gasteiger partial charge < -0.3 is 5.32 Å². The van der Waals surface area contributed by atoms with E-state index < -0.39 is 6.18 Å². The van der Waals surface area contributed by atoms with Crippen molar-refractivity contribution in [2.24, 2.45) is 0 Å². The van der Waals surface area contributed by atoms with Crippen LogP contribution in [0, 0.1) is 0 Å². The molecule has 18 heavy (non-hydrogen) atoms. The molecule has 1 aliphatic heterocycles. The Morgan fingerprint density at radius 2 is 2.00 bits per heavy atom. The number of rotatable bonds is 5. The Bertz CT molecular complexity index is 284. The molecule has 1 rings (SSSR count). The fourth-order valence-electron chi connectivity index (χ4n) is 2.11. The minimum absolute atomic E-state index is 0.117. The standard InChI is InChI=1S/C13H23F3N2/c1-10(2)17-7-4-11(3)18-8-5-12(6-9-18)13(14,15)16/h5,10-11,17H,4,6-9H2,1-3H3. The normalized spacial score (nSPS) is 20.1. The van der Waals surface area contributed by atoms with Gasteiger partial charge in [-0.15, -0.1) is 0 Å². The summed E-state index contributed by atoms with van der Waals surface area (Å²) < 4.78 is 37.4. The van der Waals surface area contributed by atoms with E-state index in [-0.39, 0.29) is 12.0 Å². The molecule has 0 aromatic heterocycles. The van der Waals surface area contributed by atoms with Crippen molar-refractivity contribution in [2.75, 3.05) is 19.6 Å². The molecule has 1 heterocycles. The van der Waals surface area contributed by atoms with Crippen molar-refractivity contribution >= 4 is 0 Å². The summed E-state index contributed by atoms with van der Waals surface area (Å²) >= 11 is 0. The van der Waals surface area contributed by atoms with E-state index in [1.807, 2.05) is 0 Å². The minimum atomic E-state index is -4.14. The van der Waals surface area contributed by atoms with Crippen LogP contribution in [0.1, 0.15) is 33.6 Å². The summed E-state index contributed by atoms with van der Waals surface area (Å²) in [6, 6.07) is 0.776. The van der Waals surface area contributed by atoms with Crippen molar-refractivity contribution in [1.82, 2.24) is 10.2 Å². The summed E-state index contributed by atoms with van der Waals surface area (Å²) in [5.41, 5.74) is -0.369. The zero-order valence-electron chi connectivity index (χ0n) is 11.3. The fourth-order valence-corrected chi connectivity index (χ4v) is 2.11. The first-order valence-corrected chi connectivity index (χ1v) is 6.54. The third-order valence-corrected chi connectivity index (χ3v) is 3.34. The third kappa shape index (κ3) is 4.98. The van der Waals surface area contributed by atoms with Crippen LogP contribution in [0.4, 0.5) is 13.2 Å². The quantitative estimate of drug-likeness (QED) is 0.768. The molecule has 0 aromatic carbocycles.